The summed E-state index contributed by atoms with van der Waals surface area (Å²) in [6.45, 7) is 5.20. The number of carbonyl (C=O) groups excluding carboxylic acids is 1. The third-order valence-corrected chi connectivity index (χ3v) is 3.78. The standard InChI is InChI=1S/C13H17BrN2O/c1-9-6-7-16(10(2)8-9)13(17)11-4-3-5-12(14)15-11/h3-5,9-10H,6-8H2,1-2H3. The second-order valence-corrected chi connectivity index (χ2v) is 5.64. The molecule has 0 N–H and O–H groups in total. The summed E-state index contributed by atoms with van der Waals surface area (Å²) in [5.74, 6) is 0.759. The minimum absolute atomic E-state index is 0.0469. The quantitative estimate of drug-likeness (QED) is 0.746. The third kappa shape index (κ3) is 2.86. The lowest BCUT2D eigenvalue weighted by molar-refractivity contribution is 0.0582. The van der Waals surface area contributed by atoms with Gasteiger partial charge in [-0.25, -0.2) is 4.98 Å². The maximum Gasteiger partial charge on any atom is 0.272 e. The van der Waals surface area contributed by atoms with Crippen molar-refractivity contribution in [3.8, 4) is 0 Å². The fourth-order valence-electron chi connectivity index (χ4n) is 2.38. The van der Waals surface area contributed by atoms with Crippen molar-refractivity contribution in [2.45, 2.75) is 32.7 Å². The van der Waals surface area contributed by atoms with E-state index in [0.29, 0.717) is 22.3 Å². The van der Waals surface area contributed by atoms with Crippen molar-refractivity contribution >= 4 is 21.8 Å². The predicted molar refractivity (Wildman–Crippen MR) is 70.8 cm³/mol. The number of hydrogen-bond donors (Lipinski definition) is 0. The van der Waals surface area contributed by atoms with Crippen molar-refractivity contribution in [3.05, 3.63) is 28.5 Å². The van der Waals surface area contributed by atoms with Gasteiger partial charge in [-0.05, 0) is 53.7 Å². The number of rotatable bonds is 1. The maximum absolute atomic E-state index is 12.3. The first-order chi connectivity index (χ1) is 8.08. The molecule has 0 spiro atoms. The van der Waals surface area contributed by atoms with Crippen molar-refractivity contribution in [1.82, 2.24) is 9.88 Å². The van der Waals surface area contributed by atoms with Crippen LogP contribution in [0.1, 0.15) is 37.2 Å². The molecular weight excluding hydrogens is 280 g/mol. The first kappa shape index (κ1) is 12.6. The van der Waals surface area contributed by atoms with Crippen LogP contribution in [0.5, 0.6) is 0 Å². The Hall–Kier alpha value is -0.900. The fraction of sp³-hybridized carbons (Fsp3) is 0.538. The van der Waals surface area contributed by atoms with Gasteiger partial charge in [0.2, 0.25) is 0 Å². The number of hydrogen-bond acceptors (Lipinski definition) is 2. The summed E-state index contributed by atoms with van der Waals surface area (Å²) in [7, 11) is 0. The molecule has 1 aromatic rings. The molecule has 0 saturated carbocycles. The highest BCUT2D eigenvalue weighted by molar-refractivity contribution is 9.10. The van der Waals surface area contributed by atoms with Crippen LogP contribution in [-0.2, 0) is 0 Å². The van der Waals surface area contributed by atoms with Crippen LogP contribution in [0.15, 0.2) is 22.8 Å². The molecule has 2 unspecified atom stereocenters. The largest absolute Gasteiger partial charge is 0.335 e. The Bertz CT molecular complexity index is 422. The summed E-state index contributed by atoms with van der Waals surface area (Å²) in [4.78, 5) is 18.5. The molecule has 2 atom stereocenters. The van der Waals surface area contributed by atoms with Crippen molar-refractivity contribution in [2.24, 2.45) is 5.92 Å². The number of piperidine rings is 1. The van der Waals surface area contributed by atoms with Gasteiger partial charge in [0, 0.05) is 12.6 Å². The molecule has 4 heteroatoms. The van der Waals surface area contributed by atoms with Gasteiger partial charge in [-0.1, -0.05) is 13.0 Å². The second kappa shape index (κ2) is 5.17. The number of carbonyl (C=O) groups is 1. The maximum atomic E-state index is 12.3. The van der Waals surface area contributed by atoms with Gasteiger partial charge < -0.3 is 4.90 Å². The molecule has 0 aromatic carbocycles. The number of amides is 1. The molecule has 1 aliphatic heterocycles. The van der Waals surface area contributed by atoms with Gasteiger partial charge >= 0.3 is 0 Å². The molecule has 1 amide bonds. The second-order valence-electron chi connectivity index (χ2n) is 4.82. The lowest BCUT2D eigenvalue weighted by atomic mass is 9.93. The SMILES string of the molecule is CC1CCN(C(=O)c2cccc(Br)n2)C(C)C1. The van der Waals surface area contributed by atoms with Crippen LogP contribution in [0, 0.1) is 5.92 Å². The Morgan fingerprint density at radius 3 is 2.88 bits per heavy atom. The van der Waals surface area contributed by atoms with Gasteiger partial charge in [0.15, 0.2) is 0 Å². The van der Waals surface area contributed by atoms with Gasteiger partial charge in [-0.2, -0.15) is 0 Å². The van der Waals surface area contributed by atoms with Gasteiger partial charge in [0.1, 0.15) is 10.3 Å². The molecular formula is C13H17BrN2O. The summed E-state index contributed by atoms with van der Waals surface area (Å²) in [6.07, 6.45) is 2.17. The molecule has 92 valence electrons. The molecule has 1 aliphatic rings. The molecule has 0 radical (unpaired) electrons. The Balaban J connectivity index is 2.15. The van der Waals surface area contributed by atoms with Gasteiger partial charge in [0.25, 0.3) is 5.91 Å². The average Bonchev–Trinajstić information content (AvgIpc) is 2.28. The number of likely N-dealkylation sites (tertiary alicyclic amines) is 1. The summed E-state index contributed by atoms with van der Waals surface area (Å²) in [6, 6.07) is 5.77. The van der Waals surface area contributed by atoms with E-state index in [9.17, 15) is 4.79 Å². The van der Waals surface area contributed by atoms with Gasteiger partial charge in [-0.3, -0.25) is 4.79 Å². The van der Waals surface area contributed by atoms with Gasteiger partial charge in [0.05, 0.1) is 0 Å². The highest BCUT2D eigenvalue weighted by Gasteiger charge is 2.27. The van der Waals surface area contributed by atoms with Crippen molar-refractivity contribution in [1.29, 1.82) is 0 Å². The minimum atomic E-state index is 0.0469. The Kier molecular flexibility index (Phi) is 3.82. The van der Waals surface area contributed by atoms with Crippen molar-refractivity contribution in [3.63, 3.8) is 0 Å². The molecule has 0 bridgehead atoms. The number of aromatic nitrogens is 1. The summed E-state index contributed by atoms with van der Waals surface area (Å²) in [5.41, 5.74) is 0.528. The fourth-order valence-corrected chi connectivity index (χ4v) is 2.73. The lowest BCUT2D eigenvalue weighted by Crippen LogP contribution is -2.44. The molecule has 2 rings (SSSR count). The molecule has 2 heterocycles. The third-order valence-electron chi connectivity index (χ3n) is 3.33. The van der Waals surface area contributed by atoms with Crippen LogP contribution in [0.2, 0.25) is 0 Å². The van der Waals surface area contributed by atoms with Crippen LogP contribution in [0.4, 0.5) is 0 Å². The first-order valence-electron chi connectivity index (χ1n) is 6.01. The monoisotopic (exact) mass is 296 g/mol. The van der Waals surface area contributed by atoms with Crippen LogP contribution in [-0.4, -0.2) is 28.4 Å². The average molecular weight is 297 g/mol. The van der Waals surface area contributed by atoms with Crippen LogP contribution in [0.25, 0.3) is 0 Å². The van der Waals surface area contributed by atoms with Crippen LogP contribution >= 0.6 is 15.9 Å². The first-order valence-corrected chi connectivity index (χ1v) is 6.80. The van der Waals surface area contributed by atoms with E-state index in [1.54, 1.807) is 6.07 Å². The van der Waals surface area contributed by atoms with Gasteiger partial charge in [-0.15, -0.1) is 0 Å². The summed E-state index contributed by atoms with van der Waals surface area (Å²) < 4.78 is 0.710. The van der Waals surface area contributed by atoms with Crippen LogP contribution < -0.4 is 0 Å². The van der Waals surface area contributed by atoms with E-state index in [-0.39, 0.29) is 5.91 Å². The van der Waals surface area contributed by atoms with Crippen molar-refractivity contribution < 1.29 is 4.79 Å². The van der Waals surface area contributed by atoms with E-state index >= 15 is 0 Å². The predicted octanol–water partition coefficient (Wildman–Crippen LogP) is 3.10. The zero-order valence-corrected chi connectivity index (χ0v) is 11.8. The van der Waals surface area contributed by atoms with E-state index in [0.717, 1.165) is 19.4 Å². The highest BCUT2D eigenvalue weighted by atomic mass is 79.9. The number of nitrogens with zero attached hydrogens (tertiary/aromatic N) is 2. The van der Waals surface area contributed by atoms with Crippen LogP contribution in [0.3, 0.4) is 0 Å². The van der Waals surface area contributed by atoms with E-state index in [2.05, 4.69) is 34.8 Å². The highest BCUT2D eigenvalue weighted by Crippen LogP contribution is 2.23. The zero-order chi connectivity index (χ0) is 12.4. The summed E-state index contributed by atoms with van der Waals surface area (Å²) in [5, 5.41) is 0. The zero-order valence-electron chi connectivity index (χ0n) is 10.2. The molecule has 0 aliphatic carbocycles. The van der Waals surface area contributed by atoms with E-state index in [4.69, 9.17) is 0 Å². The topological polar surface area (TPSA) is 33.2 Å². The Morgan fingerprint density at radius 2 is 2.24 bits per heavy atom. The molecule has 3 nitrogen and oxygen atoms in total. The smallest absolute Gasteiger partial charge is 0.272 e. The number of pyridine rings is 1. The van der Waals surface area contributed by atoms with E-state index < -0.39 is 0 Å². The molecule has 1 saturated heterocycles. The Labute approximate surface area is 110 Å². The number of halogens is 1. The minimum Gasteiger partial charge on any atom is -0.335 e. The normalized spacial score (nSPS) is 24.8. The van der Waals surface area contributed by atoms with E-state index in [1.165, 1.54) is 0 Å². The molecule has 1 aromatic heterocycles. The summed E-state index contributed by atoms with van der Waals surface area (Å²) >= 11 is 3.30. The molecule has 17 heavy (non-hydrogen) atoms. The molecule has 1 fully saturated rings. The Morgan fingerprint density at radius 1 is 1.47 bits per heavy atom. The van der Waals surface area contributed by atoms with Crippen molar-refractivity contribution in [2.75, 3.05) is 6.54 Å². The van der Waals surface area contributed by atoms with E-state index in [1.807, 2.05) is 17.0 Å². The lowest BCUT2D eigenvalue weighted by Gasteiger charge is -2.36.